The number of likely N-dealkylation sites (N-methyl/N-ethyl adjacent to an activating group) is 1. The molecule has 0 fully saturated rings. The predicted molar refractivity (Wildman–Crippen MR) is 81.2 cm³/mol. The molecule has 0 aliphatic heterocycles. The molecule has 0 aromatic heterocycles. The molecule has 0 atom stereocenters. The van der Waals surface area contributed by atoms with E-state index in [1.54, 1.807) is 18.2 Å². The first-order chi connectivity index (χ1) is 10.8. The number of benzene rings is 2. The minimum absolute atomic E-state index is 0.0482. The van der Waals surface area contributed by atoms with Crippen LogP contribution in [0.25, 0.3) is 0 Å². The van der Waals surface area contributed by atoms with E-state index in [9.17, 15) is 22.0 Å². The first-order valence-corrected chi connectivity index (χ1v) is 8.00. The molecule has 0 unspecified atom stereocenters. The first-order valence-electron chi connectivity index (χ1n) is 6.56. The van der Waals surface area contributed by atoms with Crippen LogP contribution in [0.1, 0.15) is 0 Å². The number of carbonyl (C=O) groups excluding carboxylic acids is 1. The van der Waals surface area contributed by atoms with Gasteiger partial charge in [0.2, 0.25) is 15.9 Å². The standard InChI is InChI=1S/C15H14F2N2O3S/c1-19(23(21,22)14-5-3-2-4-6-14)10-15(20)18-13-8-11(16)7-12(17)9-13/h2-9H,10H2,1H3,(H,18,20). The Balaban J connectivity index is 2.08. The Labute approximate surface area is 132 Å². The Kier molecular flexibility index (Phi) is 5.07. The predicted octanol–water partition coefficient (Wildman–Crippen LogP) is 2.22. The summed E-state index contributed by atoms with van der Waals surface area (Å²) in [6.07, 6.45) is 0. The van der Waals surface area contributed by atoms with Crippen LogP contribution in [0.2, 0.25) is 0 Å². The van der Waals surface area contributed by atoms with Crippen LogP contribution in [0.15, 0.2) is 53.4 Å². The van der Waals surface area contributed by atoms with Crippen molar-refractivity contribution in [2.75, 3.05) is 18.9 Å². The van der Waals surface area contributed by atoms with Crippen molar-refractivity contribution >= 4 is 21.6 Å². The van der Waals surface area contributed by atoms with Gasteiger partial charge in [-0.05, 0) is 24.3 Å². The number of nitrogens with one attached hydrogen (secondary N) is 1. The maximum atomic E-state index is 13.1. The minimum atomic E-state index is -3.82. The molecule has 23 heavy (non-hydrogen) atoms. The van der Waals surface area contributed by atoms with E-state index >= 15 is 0 Å². The molecule has 2 aromatic rings. The number of halogens is 2. The van der Waals surface area contributed by atoms with Gasteiger partial charge in [-0.15, -0.1) is 0 Å². The van der Waals surface area contributed by atoms with Gasteiger partial charge in [0, 0.05) is 18.8 Å². The third-order valence-corrected chi connectivity index (χ3v) is 4.78. The van der Waals surface area contributed by atoms with Gasteiger partial charge >= 0.3 is 0 Å². The molecule has 8 heteroatoms. The van der Waals surface area contributed by atoms with Crippen molar-refractivity contribution in [3.63, 3.8) is 0 Å². The summed E-state index contributed by atoms with van der Waals surface area (Å²) in [7, 11) is -2.57. The number of rotatable bonds is 5. The Morgan fingerprint density at radius 3 is 2.22 bits per heavy atom. The van der Waals surface area contributed by atoms with Crippen molar-refractivity contribution in [3.05, 3.63) is 60.2 Å². The number of carbonyl (C=O) groups is 1. The second-order valence-electron chi connectivity index (χ2n) is 4.78. The van der Waals surface area contributed by atoms with Crippen molar-refractivity contribution < 1.29 is 22.0 Å². The number of anilines is 1. The van der Waals surface area contributed by atoms with E-state index in [0.717, 1.165) is 16.4 Å². The van der Waals surface area contributed by atoms with Crippen LogP contribution >= 0.6 is 0 Å². The lowest BCUT2D eigenvalue weighted by Crippen LogP contribution is -2.35. The van der Waals surface area contributed by atoms with Crippen LogP contribution in [-0.2, 0) is 14.8 Å². The number of hydrogen-bond acceptors (Lipinski definition) is 3. The van der Waals surface area contributed by atoms with Crippen molar-refractivity contribution in [1.82, 2.24) is 4.31 Å². The molecular weight excluding hydrogens is 326 g/mol. The van der Waals surface area contributed by atoms with Gasteiger partial charge in [0.05, 0.1) is 11.4 Å². The molecule has 2 aromatic carbocycles. The van der Waals surface area contributed by atoms with Crippen molar-refractivity contribution in [3.8, 4) is 0 Å². The van der Waals surface area contributed by atoms with Gasteiger partial charge in [-0.2, -0.15) is 4.31 Å². The maximum Gasteiger partial charge on any atom is 0.243 e. The van der Waals surface area contributed by atoms with E-state index in [-0.39, 0.29) is 10.6 Å². The molecule has 0 heterocycles. The van der Waals surface area contributed by atoms with E-state index in [4.69, 9.17) is 0 Å². The molecule has 0 saturated carbocycles. The van der Waals surface area contributed by atoms with Crippen molar-refractivity contribution in [2.45, 2.75) is 4.90 Å². The molecule has 0 aliphatic rings. The van der Waals surface area contributed by atoms with Crippen LogP contribution in [0.4, 0.5) is 14.5 Å². The topological polar surface area (TPSA) is 66.5 Å². The van der Waals surface area contributed by atoms with E-state index < -0.39 is 34.1 Å². The van der Waals surface area contributed by atoms with E-state index in [1.807, 2.05) is 0 Å². The van der Waals surface area contributed by atoms with Gasteiger partial charge in [-0.1, -0.05) is 18.2 Å². The van der Waals surface area contributed by atoms with Gasteiger partial charge in [-0.3, -0.25) is 4.79 Å². The highest BCUT2D eigenvalue weighted by molar-refractivity contribution is 7.89. The Bertz CT molecular complexity index is 790. The fourth-order valence-electron chi connectivity index (χ4n) is 1.89. The van der Waals surface area contributed by atoms with Gasteiger partial charge in [0.15, 0.2) is 0 Å². The molecule has 5 nitrogen and oxygen atoms in total. The zero-order valence-corrected chi connectivity index (χ0v) is 13.0. The fourth-order valence-corrected chi connectivity index (χ4v) is 3.03. The lowest BCUT2D eigenvalue weighted by Gasteiger charge is -2.16. The summed E-state index contributed by atoms with van der Waals surface area (Å²) >= 11 is 0. The monoisotopic (exact) mass is 340 g/mol. The van der Waals surface area contributed by atoms with Crippen LogP contribution < -0.4 is 5.32 Å². The summed E-state index contributed by atoms with van der Waals surface area (Å²) in [4.78, 5) is 11.9. The second kappa shape index (κ2) is 6.84. The van der Waals surface area contributed by atoms with Crippen LogP contribution in [-0.4, -0.2) is 32.2 Å². The quantitative estimate of drug-likeness (QED) is 0.908. The summed E-state index contributed by atoms with van der Waals surface area (Å²) in [6, 6.07) is 10.2. The SMILES string of the molecule is CN(CC(=O)Nc1cc(F)cc(F)c1)S(=O)(=O)c1ccccc1. The van der Waals surface area contributed by atoms with Gasteiger partial charge in [-0.25, -0.2) is 17.2 Å². The maximum absolute atomic E-state index is 13.1. The van der Waals surface area contributed by atoms with Crippen LogP contribution in [0.3, 0.4) is 0 Å². The lowest BCUT2D eigenvalue weighted by atomic mass is 10.3. The third-order valence-electron chi connectivity index (χ3n) is 2.96. The fraction of sp³-hybridized carbons (Fsp3) is 0.133. The number of hydrogen-bond donors (Lipinski definition) is 1. The number of nitrogens with zero attached hydrogens (tertiary/aromatic N) is 1. The largest absolute Gasteiger partial charge is 0.325 e. The number of amides is 1. The van der Waals surface area contributed by atoms with Gasteiger partial charge in [0.25, 0.3) is 0 Å². The molecule has 122 valence electrons. The van der Waals surface area contributed by atoms with E-state index in [0.29, 0.717) is 6.07 Å². The molecule has 0 radical (unpaired) electrons. The van der Waals surface area contributed by atoms with E-state index in [2.05, 4.69) is 5.32 Å². The van der Waals surface area contributed by atoms with Crippen LogP contribution in [0, 0.1) is 11.6 Å². The second-order valence-corrected chi connectivity index (χ2v) is 6.83. The lowest BCUT2D eigenvalue weighted by molar-refractivity contribution is -0.116. The average molecular weight is 340 g/mol. The number of sulfonamides is 1. The third kappa shape index (κ3) is 4.33. The smallest absolute Gasteiger partial charge is 0.243 e. The summed E-state index contributed by atoms with van der Waals surface area (Å²) in [5.74, 6) is -2.40. The van der Waals surface area contributed by atoms with Gasteiger partial charge in [0.1, 0.15) is 11.6 Å². The Morgan fingerprint density at radius 2 is 1.65 bits per heavy atom. The minimum Gasteiger partial charge on any atom is -0.325 e. The normalized spacial score (nSPS) is 11.5. The zero-order valence-electron chi connectivity index (χ0n) is 12.2. The van der Waals surface area contributed by atoms with E-state index in [1.165, 1.54) is 19.2 Å². The average Bonchev–Trinajstić information content (AvgIpc) is 2.46. The van der Waals surface area contributed by atoms with Crippen LogP contribution in [0.5, 0.6) is 0 Å². The molecule has 1 amide bonds. The highest BCUT2D eigenvalue weighted by atomic mass is 32.2. The molecule has 0 saturated heterocycles. The summed E-state index contributed by atoms with van der Waals surface area (Å²) in [6.45, 7) is -0.491. The highest BCUT2D eigenvalue weighted by Crippen LogP contribution is 2.15. The molecule has 0 aliphatic carbocycles. The molecular formula is C15H14F2N2O3S. The van der Waals surface area contributed by atoms with Crippen molar-refractivity contribution in [1.29, 1.82) is 0 Å². The highest BCUT2D eigenvalue weighted by Gasteiger charge is 2.22. The zero-order chi connectivity index (χ0) is 17.0. The molecule has 0 bridgehead atoms. The molecule has 2 rings (SSSR count). The molecule has 1 N–H and O–H groups in total. The van der Waals surface area contributed by atoms with Gasteiger partial charge < -0.3 is 5.32 Å². The Morgan fingerprint density at radius 1 is 1.09 bits per heavy atom. The Hall–Kier alpha value is -2.32. The first kappa shape index (κ1) is 17.0. The summed E-state index contributed by atoms with van der Waals surface area (Å²) in [5, 5.41) is 2.25. The summed E-state index contributed by atoms with van der Waals surface area (Å²) < 4.78 is 51.5. The molecule has 0 spiro atoms. The summed E-state index contributed by atoms with van der Waals surface area (Å²) in [5.41, 5.74) is -0.0852. The van der Waals surface area contributed by atoms with Crippen molar-refractivity contribution in [2.24, 2.45) is 0 Å².